The molecule has 1 aromatic heterocycles. The number of aliphatic imine (C=N–C) groups is 1. The van der Waals surface area contributed by atoms with E-state index in [4.69, 9.17) is 0 Å². The molecule has 1 amide bonds. The van der Waals surface area contributed by atoms with Gasteiger partial charge in [0.2, 0.25) is 0 Å². The Bertz CT molecular complexity index is 802. The second kappa shape index (κ2) is 6.46. The molecule has 1 fully saturated rings. The zero-order chi connectivity index (χ0) is 16.4. The van der Waals surface area contributed by atoms with Crippen molar-refractivity contribution in [2.45, 2.75) is 26.8 Å². The van der Waals surface area contributed by atoms with Gasteiger partial charge in [-0.1, -0.05) is 18.2 Å². The highest BCUT2D eigenvalue weighted by Gasteiger charge is 2.24. The molecule has 3 rings (SSSR count). The molecular formula is C18H19N3OS. The van der Waals surface area contributed by atoms with Crippen molar-refractivity contribution in [2.75, 3.05) is 0 Å². The molecule has 0 radical (unpaired) electrons. The molecule has 0 saturated carbocycles. The average Bonchev–Trinajstić information content (AvgIpc) is 3.10. The number of carbonyl (C=O) groups excluding carboxylic acids is 1. The fraction of sp³-hybridized carbons (Fsp3) is 0.222. The Hall–Kier alpha value is -2.27. The van der Waals surface area contributed by atoms with E-state index in [-0.39, 0.29) is 5.91 Å². The molecule has 4 nitrogen and oxygen atoms in total. The van der Waals surface area contributed by atoms with Crippen LogP contribution in [0.5, 0.6) is 0 Å². The first-order valence-electron chi connectivity index (χ1n) is 7.55. The zero-order valence-corrected chi connectivity index (χ0v) is 14.2. The van der Waals surface area contributed by atoms with Gasteiger partial charge in [-0.15, -0.1) is 0 Å². The number of para-hydroxylation sites is 1. The third-order valence-electron chi connectivity index (χ3n) is 3.62. The molecule has 0 bridgehead atoms. The highest BCUT2D eigenvalue weighted by molar-refractivity contribution is 8.18. The van der Waals surface area contributed by atoms with Crippen LogP contribution in [0.25, 0.3) is 6.08 Å². The molecular weight excluding hydrogens is 306 g/mol. The minimum absolute atomic E-state index is 0.0976. The van der Waals surface area contributed by atoms with E-state index in [0.29, 0.717) is 16.1 Å². The zero-order valence-electron chi connectivity index (χ0n) is 13.4. The molecule has 118 valence electrons. The van der Waals surface area contributed by atoms with Crippen LogP contribution >= 0.6 is 11.8 Å². The highest BCUT2D eigenvalue weighted by Crippen LogP contribution is 2.29. The molecule has 1 aliphatic heterocycles. The van der Waals surface area contributed by atoms with Crippen molar-refractivity contribution >= 4 is 34.6 Å². The van der Waals surface area contributed by atoms with E-state index in [0.717, 1.165) is 16.8 Å². The van der Waals surface area contributed by atoms with E-state index in [1.54, 1.807) is 0 Å². The van der Waals surface area contributed by atoms with Gasteiger partial charge in [-0.05, 0) is 61.9 Å². The Kier molecular flexibility index (Phi) is 4.39. The third kappa shape index (κ3) is 3.56. The molecule has 0 unspecified atom stereocenters. The maximum atomic E-state index is 12.1. The fourth-order valence-corrected chi connectivity index (χ4v) is 3.10. The number of aryl methyl sites for hydroxylation is 1. The van der Waals surface area contributed by atoms with Crippen LogP contribution in [0, 0.1) is 6.92 Å². The molecule has 0 aliphatic carbocycles. The van der Waals surface area contributed by atoms with Crippen molar-refractivity contribution in [3.63, 3.8) is 0 Å². The number of thioether (sulfide) groups is 1. The molecule has 1 aromatic carbocycles. The van der Waals surface area contributed by atoms with E-state index in [9.17, 15) is 4.79 Å². The molecule has 23 heavy (non-hydrogen) atoms. The molecule has 2 heterocycles. The summed E-state index contributed by atoms with van der Waals surface area (Å²) in [4.78, 5) is 17.3. The third-order valence-corrected chi connectivity index (χ3v) is 4.53. The number of nitrogens with zero attached hydrogens (tertiary/aromatic N) is 2. The summed E-state index contributed by atoms with van der Waals surface area (Å²) < 4.78 is 2.12. The summed E-state index contributed by atoms with van der Waals surface area (Å²) in [5.41, 5.74) is 2.98. The van der Waals surface area contributed by atoms with Crippen LogP contribution < -0.4 is 5.32 Å². The van der Waals surface area contributed by atoms with Crippen molar-refractivity contribution in [1.29, 1.82) is 0 Å². The SMILES string of the molecule is Cc1ccccc1N=C1NC(=O)/C(=C\c2ccn(C(C)C)c2)S1. The lowest BCUT2D eigenvalue weighted by atomic mass is 10.2. The van der Waals surface area contributed by atoms with Crippen molar-refractivity contribution < 1.29 is 4.79 Å². The molecule has 1 N–H and O–H groups in total. The van der Waals surface area contributed by atoms with Crippen molar-refractivity contribution in [1.82, 2.24) is 9.88 Å². The van der Waals surface area contributed by atoms with Crippen LogP contribution in [0.2, 0.25) is 0 Å². The van der Waals surface area contributed by atoms with Crippen molar-refractivity contribution in [2.24, 2.45) is 4.99 Å². The monoisotopic (exact) mass is 325 g/mol. The normalized spacial score (nSPS) is 18.2. The van der Waals surface area contributed by atoms with Crippen molar-refractivity contribution in [3.8, 4) is 0 Å². The predicted molar refractivity (Wildman–Crippen MR) is 96.8 cm³/mol. The van der Waals surface area contributed by atoms with Crippen LogP contribution in [-0.2, 0) is 4.79 Å². The van der Waals surface area contributed by atoms with Crippen LogP contribution in [0.3, 0.4) is 0 Å². The minimum atomic E-state index is -0.0976. The van der Waals surface area contributed by atoms with Gasteiger partial charge in [0.25, 0.3) is 5.91 Å². The summed E-state index contributed by atoms with van der Waals surface area (Å²) >= 11 is 1.38. The van der Waals surface area contributed by atoms with Gasteiger partial charge in [0.05, 0.1) is 10.6 Å². The van der Waals surface area contributed by atoms with Gasteiger partial charge >= 0.3 is 0 Å². The van der Waals surface area contributed by atoms with Gasteiger partial charge in [-0.2, -0.15) is 0 Å². The Labute approximate surface area is 140 Å². The summed E-state index contributed by atoms with van der Waals surface area (Å²) in [5.74, 6) is -0.0976. The minimum Gasteiger partial charge on any atom is -0.351 e. The van der Waals surface area contributed by atoms with Gasteiger partial charge < -0.3 is 9.88 Å². The number of amides is 1. The van der Waals surface area contributed by atoms with Gasteiger partial charge in [-0.25, -0.2) is 4.99 Å². The topological polar surface area (TPSA) is 46.4 Å². The first-order valence-corrected chi connectivity index (χ1v) is 8.37. The Morgan fingerprint density at radius 2 is 2.04 bits per heavy atom. The first kappa shape index (κ1) is 15.6. The van der Waals surface area contributed by atoms with Gasteiger partial charge in [0.1, 0.15) is 0 Å². The molecule has 2 aromatic rings. The van der Waals surface area contributed by atoms with E-state index >= 15 is 0 Å². The Balaban J connectivity index is 1.82. The lowest BCUT2D eigenvalue weighted by Gasteiger charge is -2.04. The van der Waals surface area contributed by atoms with E-state index in [1.165, 1.54) is 11.8 Å². The number of aromatic nitrogens is 1. The number of rotatable bonds is 3. The van der Waals surface area contributed by atoms with Crippen LogP contribution in [-0.4, -0.2) is 15.6 Å². The quantitative estimate of drug-likeness (QED) is 0.857. The Morgan fingerprint density at radius 1 is 1.26 bits per heavy atom. The Morgan fingerprint density at radius 3 is 2.74 bits per heavy atom. The largest absolute Gasteiger partial charge is 0.351 e. The molecule has 5 heteroatoms. The lowest BCUT2D eigenvalue weighted by Crippen LogP contribution is -2.19. The summed E-state index contributed by atoms with van der Waals surface area (Å²) in [6.45, 7) is 6.26. The lowest BCUT2D eigenvalue weighted by molar-refractivity contribution is -0.115. The fourth-order valence-electron chi connectivity index (χ4n) is 2.27. The summed E-state index contributed by atoms with van der Waals surface area (Å²) in [5, 5.41) is 3.45. The van der Waals surface area contributed by atoms with E-state index in [2.05, 4.69) is 28.7 Å². The smallest absolute Gasteiger partial charge is 0.264 e. The molecule has 1 aliphatic rings. The summed E-state index contributed by atoms with van der Waals surface area (Å²) in [6, 6.07) is 10.3. The number of hydrogen-bond donors (Lipinski definition) is 1. The molecule has 0 spiro atoms. The highest BCUT2D eigenvalue weighted by atomic mass is 32.2. The van der Waals surface area contributed by atoms with Gasteiger partial charge in [-0.3, -0.25) is 4.79 Å². The average molecular weight is 325 g/mol. The summed E-state index contributed by atoms with van der Waals surface area (Å²) in [6.07, 6.45) is 5.97. The first-order chi connectivity index (χ1) is 11.0. The second-order valence-corrected chi connectivity index (χ2v) is 6.78. The maximum Gasteiger partial charge on any atom is 0.264 e. The molecule has 1 saturated heterocycles. The number of nitrogens with one attached hydrogen (secondary N) is 1. The van der Waals surface area contributed by atoms with Crippen LogP contribution in [0.15, 0.2) is 52.6 Å². The van der Waals surface area contributed by atoms with Gasteiger partial charge in [0.15, 0.2) is 5.17 Å². The van der Waals surface area contributed by atoms with E-state index in [1.807, 2.05) is 55.7 Å². The van der Waals surface area contributed by atoms with E-state index < -0.39 is 0 Å². The maximum absolute atomic E-state index is 12.1. The second-order valence-electron chi connectivity index (χ2n) is 5.75. The van der Waals surface area contributed by atoms with Crippen LogP contribution in [0.1, 0.15) is 31.0 Å². The molecule has 0 atom stereocenters. The predicted octanol–water partition coefficient (Wildman–Crippen LogP) is 4.27. The van der Waals surface area contributed by atoms with Gasteiger partial charge in [0, 0.05) is 18.4 Å². The standard InChI is InChI=1S/C18H19N3OS/c1-12(2)21-9-8-14(11-21)10-16-17(22)20-18(23-16)19-15-7-5-4-6-13(15)3/h4-12H,1-3H3,(H,19,20,22)/b16-10+. The number of amidine groups is 1. The number of hydrogen-bond acceptors (Lipinski definition) is 3. The van der Waals surface area contributed by atoms with Crippen molar-refractivity contribution in [3.05, 3.63) is 58.8 Å². The number of carbonyl (C=O) groups is 1. The van der Waals surface area contributed by atoms with Crippen LogP contribution in [0.4, 0.5) is 5.69 Å². The number of benzene rings is 1. The summed E-state index contributed by atoms with van der Waals surface area (Å²) in [7, 11) is 0.